The zero-order valence-electron chi connectivity index (χ0n) is 20.2. The number of rotatable bonds is 17. The molecule has 30 heavy (non-hydrogen) atoms. The number of aldehydes is 1. The fraction of sp³-hybridized carbons (Fsp3) is 0.731. The second kappa shape index (κ2) is 32.0. The summed E-state index contributed by atoms with van der Waals surface area (Å²) in [7, 11) is 0. The van der Waals surface area contributed by atoms with Gasteiger partial charge in [0.25, 0.3) is 0 Å². The van der Waals surface area contributed by atoms with Crippen molar-refractivity contribution in [3.05, 3.63) is 24.3 Å². The lowest BCUT2D eigenvalue weighted by Crippen LogP contribution is -1.93. The summed E-state index contributed by atoms with van der Waals surface area (Å²) in [5.41, 5.74) is 0. The standard InChI is InChI=1S/C10H18O.C8H16O2.C8H14O/c1-2-3-4-5-6-7-8-9-10-11;1-2-3-4-5-6-7-8(9)10;1-3-4-5-6-7-8(2)9/h8-10H,2-7H2,1H3;2-7H2,1H3,(H,9,10);6-7H,3-5H2,1-2H3. The van der Waals surface area contributed by atoms with Crippen LogP contribution in [0.25, 0.3) is 0 Å². The van der Waals surface area contributed by atoms with E-state index in [1.165, 1.54) is 64.2 Å². The van der Waals surface area contributed by atoms with Gasteiger partial charge in [-0.15, -0.1) is 0 Å². The van der Waals surface area contributed by atoms with Crippen LogP contribution in [0, 0.1) is 0 Å². The van der Waals surface area contributed by atoms with Crippen molar-refractivity contribution in [2.24, 2.45) is 0 Å². The normalized spacial score (nSPS) is 10.3. The van der Waals surface area contributed by atoms with Gasteiger partial charge in [-0.05, 0) is 44.8 Å². The van der Waals surface area contributed by atoms with E-state index in [2.05, 4.69) is 20.8 Å². The number of hydrogen-bond donors (Lipinski definition) is 1. The Morgan fingerprint density at radius 1 is 0.700 bits per heavy atom. The molecular formula is C26H48O4. The molecule has 1 N–H and O–H groups in total. The largest absolute Gasteiger partial charge is 0.481 e. The fourth-order valence-corrected chi connectivity index (χ4v) is 2.47. The van der Waals surface area contributed by atoms with E-state index in [-0.39, 0.29) is 5.78 Å². The van der Waals surface area contributed by atoms with Gasteiger partial charge in [-0.3, -0.25) is 14.4 Å². The number of carbonyl (C=O) groups is 3. The molecule has 0 fully saturated rings. The van der Waals surface area contributed by atoms with Crippen molar-refractivity contribution in [3.63, 3.8) is 0 Å². The molecule has 0 aromatic carbocycles. The molecule has 0 spiro atoms. The molecule has 176 valence electrons. The second-order valence-corrected chi connectivity index (χ2v) is 7.48. The molecule has 0 saturated carbocycles. The van der Waals surface area contributed by atoms with E-state index in [1.54, 1.807) is 19.1 Å². The predicted octanol–water partition coefficient (Wildman–Crippen LogP) is 7.86. The lowest BCUT2D eigenvalue weighted by Gasteiger charge is -1.95. The molecule has 0 aliphatic heterocycles. The minimum absolute atomic E-state index is 0.145. The topological polar surface area (TPSA) is 71.4 Å². The van der Waals surface area contributed by atoms with E-state index in [1.807, 2.05) is 12.2 Å². The van der Waals surface area contributed by atoms with Gasteiger partial charge in [0.2, 0.25) is 0 Å². The Morgan fingerprint density at radius 2 is 1.20 bits per heavy atom. The summed E-state index contributed by atoms with van der Waals surface area (Å²) in [6.45, 7) is 8.08. The highest BCUT2D eigenvalue weighted by atomic mass is 16.4. The average Bonchev–Trinajstić information content (AvgIpc) is 2.71. The van der Waals surface area contributed by atoms with Crippen molar-refractivity contribution < 1.29 is 19.5 Å². The maximum absolute atomic E-state index is 10.3. The molecule has 4 heteroatoms. The molecule has 0 atom stereocenters. The van der Waals surface area contributed by atoms with Crippen LogP contribution in [0.5, 0.6) is 0 Å². The monoisotopic (exact) mass is 424 g/mol. The zero-order chi connectivity index (χ0) is 23.3. The number of allylic oxidation sites excluding steroid dienone is 4. The number of aliphatic carboxylic acids is 1. The van der Waals surface area contributed by atoms with Gasteiger partial charge in [0.15, 0.2) is 5.78 Å². The Kier molecular flexibility index (Phi) is 35.1. The lowest BCUT2D eigenvalue weighted by atomic mass is 10.1. The van der Waals surface area contributed by atoms with Gasteiger partial charge in [-0.25, -0.2) is 0 Å². The molecule has 0 radical (unpaired) electrons. The molecule has 0 aromatic heterocycles. The number of unbranched alkanes of at least 4 members (excludes halogenated alkanes) is 11. The van der Waals surface area contributed by atoms with Gasteiger partial charge in [-0.1, -0.05) is 97.1 Å². The van der Waals surface area contributed by atoms with E-state index < -0.39 is 5.97 Å². The van der Waals surface area contributed by atoms with Gasteiger partial charge >= 0.3 is 5.97 Å². The first-order valence-electron chi connectivity index (χ1n) is 11.9. The highest BCUT2D eigenvalue weighted by Gasteiger charge is 1.94. The van der Waals surface area contributed by atoms with Gasteiger partial charge in [0.05, 0.1) is 0 Å². The van der Waals surface area contributed by atoms with E-state index in [9.17, 15) is 14.4 Å². The van der Waals surface area contributed by atoms with Crippen molar-refractivity contribution >= 4 is 18.0 Å². The average molecular weight is 425 g/mol. The Bertz CT molecular complexity index is 425. The molecular weight excluding hydrogens is 376 g/mol. The third kappa shape index (κ3) is 45.2. The maximum atomic E-state index is 10.3. The zero-order valence-corrected chi connectivity index (χ0v) is 20.2. The minimum atomic E-state index is -0.670. The van der Waals surface area contributed by atoms with Gasteiger partial charge < -0.3 is 5.11 Å². The highest BCUT2D eigenvalue weighted by molar-refractivity contribution is 5.87. The van der Waals surface area contributed by atoms with Crippen molar-refractivity contribution in [1.82, 2.24) is 0 Å². The molecule has 0 rings (SSSR count). The number of carboxylic acids is 1. The third-order valence-corrected chi connectivity index (χ3v) is 4.26. The molecule has 0 amide bonds. The van der Waals surface area contributed by atoms with Crippen LogP contribution in [0.15, 0.2) is 24.3 Å². The Labute approximate surface area is 186 Å². The molecule has 0 heterocycles. The molecule has 0 aliphatic rings. The summed E-state index contributed by atoms with van der Waals surface area (Å²) in [6, 6.07) is 0. The van der Waals surface area contributed by atoms with Crippen LogP contribution in [-0.4, -0.2) is 23.1 Å². The summed E-state index contributed by atoms with van der Waals surface area (Å²) < 4.78 is 0. The Balaban J connectivity index is -0.000000366. The Hall–Kier alpha value is -1.71. The van der Waals surface area contributed by atoms with Crippen molar-refractivity contribution in [2.75, 3.05) is 0 Å². The maximum Gasteiger partial charge on any atom is 0.303 e. The van der Waals surface area contributed by atoms with E-state index in [0.717, 1.165) is 32.0 Å². The quantitative estimate of drug-likeness (QED) is 0.146. The molecule has 4 nitrogen and oxygen atoms in total. The van der Waals surface area contributed by atoms with Gasteiger partial charge in [0, 0.05) is 6.42 Å². The Morgan fingerprint density at radius 3 is 1.67 bits per heavy atom. The van der Waals surface area contributed by atoms with Crippen molar-refractivity contribution in [1.29, 1.82) is 0 Å². The first kappa shape index (κ1) is 32.9. The molecule has 0 saturated heterocycles. The lowest BCUT2D eigenvalue weighted by molar-refractivity contribution is -0.137. The second-order valence-electron chi connectivity index (χ2n) is 7.48. The first-order valence-corrected chi connectivity index (χ1v) is 11.9. The van der Waals surface area contributed by atoms with Crippen LogP contribution in [0.3, 0.4) is 0 Å². The molecule has 0 bridgehead atoms. The minimum Gasteiger partial charge on any atom is -0.481 e. The van der Waals surface area contributed by atoms with Crippen LogP contribution in [0.4, 0.5) is 0 Å². The SMILES string of the molecule is CCCCC=CC(C)=O.CCCCCCCC(=O)O.CCCCCCCC=CC=O. The first-order chi connectivity index (χ1) is 14.5. The smallest absolute Gasteiger partial charge is 0.303 e. The molecule has 0 unspecified atom stereocenters. The number of carbonyl (C=O) groups excluding carboxylic acids is 2. The number of carboxylic acid groups (broad SMARTS) is 1. The van der Waals surface area contributed by atoms with Crippen molar-refractivity contribution in [3.8, 4) is 0 Å². The third-order valence-electron chi connectivity index (χ3n) is 4.26. The van der Waals surface area contributed by atoms with Gasteiger partial charge in [-0.2, -0.15) is 0 Å². The van der Waals surface area contributed by atoms with Crippen LogP contribution in [0.2, 0.25) is 0 Å². The summed E-state index contributed by atoms with van der Waals surface area (Å²) in [6.07, 6.45) is 24.8. The predicted molar refractivity (Wildman–Crippen MR) is 129 cm³/mol. The van der Waals surface area contributed by atoms with Crippen LogP contribution in [0.1, 0.15) is 124 Å². The number of ketones is 1. The highest BCUT2D eigenvalue weighted by Crippen LogP contribution is 2.05. The van der Waals surface area contributed by atoms with Crippen molar-refractivity contribution in [2.45, 2.75) is 124 Å². The van der Waals surface area contributed by atoms with Crippen LogP contribution in [-0.2, 0) is 14.4 Å². The summed E-state index contributed by atoms with van der Waals surface area (Å²) in [4.78, 5) is 30.2. The fourth-order valence-electron chi connectivity index (χ4n) is 2.47. The summed E-state index contributed by atoms with van der Waals surface area (Å²) >= 11 is 0. The van der Waals surface area contributed by atoms with E-state index >= 15 is 0 Å². The van der Waals surface area contributed by atoms with Gasteiger partial charge in [0.1, 0.15) is 6.29 Å². The number of hydrogen-bond acceptors (Lipinski definition) is 3. The molecule has 0 aromatic rings. The molecule has 0 aliphatic carbocycles. The van der Waals surface area contributed by atoms with E-state index in [4.69, 9.17) is 5.11 Å². The van der Waals surface area contributed by atoms with Crippen LogP contribution >= 0.6 is 0 Å². The van der Waals surface area contributed by atoms with Crippen LogP contribution < -0.4 is 0 Å². The summed E-state index contributed by atoms with van der Waals surface area (Å²) in [5, 5.41) is 8.27. The van der Waals surface area contributed by atoms with E-state index in [0.29, 0.717) is 6.42 Å². The summed E-state index contributed by atoms with van der Waals surface area (Å²) in [5.74, 6) is -0.525.